The number of nitrogens with zero attached hydrogens (tertiary/aromatic N) is 1. The smallest absolute Gasteiger partial charge is 0.331 e. The Morgan fingerprint density at radius 3 is 2.44 bits per heavy atom. The van der Waals surface area contributed by atoms with Gasteiger partial charge in [0.05, 0.1) is 24.3 Å². The first-order valence-electron chi connectivity index (χ1n) is 8.88. The molecule has 5 nitrogen and oxygen atoms in total. The third kappa shape index (κ3) is 5.52. The number of rotatable bonds is 3. The summed E-state index contributed by atoms with van der Waals surface area (Å²) < 4.78 is 16.4. The Balaban J connectivity index is 0.000000221. The molecule has 2 aliphatic heterocycles. The number of hydrogen-bond donors (Lipinski definition) is 0. The second-order valence-corrected chi connectivity index (χ2v) is 6.19. The monoisotopic (exact) mass is 363 g/mol. The van der Waals surface area contributed by atoms with Crippen LogP contribution in [-0.4, -0.2) is 37.5 Å². The summed E-state index contributed by atoms with van der Waals surface area (Å²) in [6.45, 7) is 1.11. The summed E-state index contributed by atoms with van der Waals surface area (Å²) in [7, 11) is 0. The second kappa shape index (κ2) is 9.67. The van der Waals surface area contributed by atoms with Crippen molar-refractivity contribution in [1.82, 2.24) is 0 Å². The van der Waals surface area contributed by atoms with Gasteiger partial charge in [0, 0.05) is 12.7 Å². The van der Waals surface area contributed by atoms with Crippen LogP contribution in [-0.2, 0) is 19.0 Å². The maximum absolute atomic E-state index is 11.7. The Morgan fingerprint density at radius 1 is 1.07 bits per heavy atom. The lowest BCUT2D eigenvalue weighted by molar-refractivity contribution is -0.147. The topological polar surface area (TPSA) is 68.6 Å². The van der Waals surface area contributed by atoms with Gasteiger partial charge in [-0.3, -0.25) is 0 Å². The summed E-state index contributed by atoms with van der Waals surface area (Å²) in [5.41, 5.74) is 1.68. The van der Waals surface area contributed by atoms with Crippen molar-refractivity contribution >= 4 is 12.0 Å². The molecule has 5 heteroatoms. The molecule has 3 atom stereocenters. The maximum atomic E-state index is 11.7. The molecule has 1 unspecified atom stereocenters. The van der Waals surface area contributed by atoms with Crippen LogP contribution < -0.4 is 0 Å². The zero-order chi connectivity index (χ0) is 18.9. The van der Waals surface area contributed by atoms with Gasteiger partial charge in [-0.2, -0.15) is 5.26 Å². The predicted octanol–water partition coefficient (Wildman–Crippen LogP) is 3.36. The highest BCUT2D eigenvalue weighted by molar-refractivity contribution is 5.87. The normalized spacial score (nSPS) is 23.1. The highest BCUT2D eigenvalue weighted by atomic mass is 16.6. The van der Waals surface area contributed by atoms with Crippen molar-refractivity contribution in [3.8, 4) is 6.07 Å². The van der Waals surface area contributed by atoms with Gasteiger partial charge in [0.15, 0.2) is 6.10 Å². The van der Waals surface area contributed by atoms with Gasteiger partial charge in [-0.05, 0) is 30.2 Å². The molecule has 0 aliphatic carbocycles. The van der Waals surface area contributed by atoms with E-state index in [1.165, 1.54) is 6.08 Å². The van der Waals surface area contributed by atoms with Crippen molar-refractivity contribution in [2.75, 3.05) is 13.2 Å². The van der Waals surface area contributed by atoms with Crippen LogP contribution in [0, 0.1) is 11.3 Å². The molecule has 2 saturated heterocycles. The zero-order valence-electron chi connectivity index (χ0n) is 14.9. The molecule has 4 rings (SSSR count). The SMILES string of the molecule is N#Cc1ccccc1.O=C(/C=C/c1ccccc1)OC1CO[C@@H]2CCO[C@H]12. The summed E-state index contributed by atoms with van der Waals surface area (Å²) >= 11 is 0. The quantitative estimate of drug-likeness (QED) is 0.618. The Labute approximate surface area is 158 Å². The molecule has 0 spiro atoms. The molecule has 0 bridgehead atoms. The first-order valence-corrected chi connectivity index (χ1v) is 8.88. The van der Waals surface area contributed by atoms with E-state index >= 15 is 0 Å². The molecule has 0 N–H and O–H groups in total. The average Bonchev–Trinajstić information content (AvgIpc) is 3.34. The molecule has 2 aliphatic rings. The van der Waals surface area contributed by atoms with Gasteiger partial charge in [-0.15, -0.1) is 0 Å². The van der Waals surface area contributed by atoms with Crippen molar-refractivity contribution < 1.29 is 19.0 Å². The summed E-state index contributed by atoms with van der Waals surface area (Å²) in [6.07, 6.45) is 3.80. The molecule has 27 heavy (non-hydrogen) atoms. The van der Waals surface area contributed by atoms with Gasteiger partial charge in [0.25, 0.3) is 0 Å². The van der Waals surface area contributed by atoms with Crippen molar-refractivity contribution in [2.45, 2.75) is 24.7 Å². The van der Waals surface area contributed by atoms with Crippen LogP contribution in [0.3, 0.4) is 0 Å². The van der Waals surface area contributed by atoms with Crippen LogP contribution in [0.1, 0.15) is 17.5 Å². The standard InChI is InChI=1S/C15H16O4.C7H5N/c16-14(7-6-11-4-2-1-3-5-11)19-13-10-18-12-8-9-17-15(12)13;8-6-7-4-2-1-3-5-7/h1-7,12-13,15H,8-10H2;1-5H/b7-6+;/t12-,13?,15+;/m1./s1. The highest BCUT2D eigenvalue weighted by Gasteiger charge is 2.43. The summed E-state index contributed by atoms with van der Waals surface area (Å²) in [4.78, 5) is 11.7. The van der Waals surface area contributed by atoms with E-state index in [1.54, 1.807) is 18.2 Å². The number of benzene rings is 2. The number of carbonyl (C=O) groups excluding carboxylic acids is 1. The van der Waals surface area contributed by atoms with Gasteiger partial charge in [-0.25, -0.2) is 4.79 Å². The number of ether oxygens (including phenoxy) is 3. The van der Waals surface area contributed by atoms with Gasteiger partial charge in [0.1, 0.15) is 6.10 Å². The van der Waals surface area contributed by atoms with E-state index in [2.05, 4.69) is 0 Å². The molecule has 0 aromatic heterocycles. The molecule has 2 fully saturated rings. The number of esters is 1. The lowest BCUT2D eigenvalue weighted by Crippen LogP contribution is -2.31. The second-order valence-electron chi connectivity index (χ2n) is 6.19. The van der Waals surface area contributed by atoms with Crippen LogP contribution in [0.4, 0.5) is 0 Å². The minimum absolute atomic E-state index is 0.0888. The van der Waals surface area contributed by atoms with Crippen LogP contribution in [0.15, 0.2) is 66.7 Å². The molecular weight excluding hydrogens is 342 g/mol. The predicted molar refractivity (Wildman–Crippen MR) is 101 cm³/mol. The summed E-state index contributed by atoms with van der Waals surface area (Å²) in [5, 5.41) is 8.29. The maximum Gasteiger partial charge on any atom is 0.331 e. The first kappa shape index (κ1) is 18.8. The Hall–Kier alpha value is -2.94. The third-order valence-electron chi connectivity index (χ3n) is 4.30. The molecule has 2 aromatic rings. The minimum Gasteiger partial charge on any atom is -0.454 e. The number of nitriles is 1. The average molecular weight is 363 g/mol. The lowest BCUT2D eigenvalue weighted by Gasteiger charge is -2.15. The van der Waals surface area contributed by atoms with Gasteiger partial charge < -0.3 is 14.2 Å². The van der Waals surface area contributed by atoms with E-state index in [-0.39, 0.29) is 24.3 Å². The van der Waals surface area contributed by atoms with Crippen LogP contribution in [0.5, 0.6) is 0 Å². The van der Waals surface area contributed by atoms with Gasteiger partial charge in [0.2, 0.25) is 0 Å². The fourth-order valence-electron chi connectivity index (χ4n) is 2.96. The van der Waals surface area contributed by atoms with E-state index in [9.17, 15) is 4.79 Å². The summed E-state index contributed by atoms with van der Waals surface area (Å²) in [5.74, 6) is -0.353. The molecule has 138 valence electrons. The molecular formula is C22H21NO4. The summed E-state index contributed by atoms with van der Waals surface area (Å²) in [6, 6.07) is 20.8. The van der Waals surface area contributed by atoms with Crippen LogP contribution >= 0.6 is 0 Å². The first-order chi connectivity index (χ1) is 13.3. The van der Waals surface area contributed by atoms with Crippen molar-refractivity contribution in [1.29, 1.82) is 5.26 Å². The van der Waals surface area contributed by atoms with E-state index < -0.39 is 0 Å². The third-order valence-corrected chi connectivity index (χ3v) is 4.30. The molecule has 2 heterocycles. The van der Waals surface area contributed by atoms with E-state index in [1.807, 2.05) is 54.6 Å². The van der Waals surface area contributed by atoms with Gasteiger partial charge >= 0.3 is 5.97 Å². The van der Waals surface area contributed by atoms with Gasteiger partial charge in [-0.1, -0.05) is 48.5 Å². The fraction of sp³-hybridized carbons (Fsp3) is 0.273. The fourth-order valence-corrected chi connectivity index (χ4v) is 2.96. The van der Waals surface area contributed by atoms with Crippen LogP contribution in [0.25, 0.3) is 6.08 Å². The highest BCUT2D eigenvalue weighted by Crippen LogP contribution is 2.28. The van der Waals surface area contributed by atoms with E-state index in [0.29, 0.717) is 18.8 Å². The van der Waals surface area contributed by atoms with Crippen LogP contribution in [0.2, 0.25) is 0 Å². The molecule has 0 saturated carbocycles. The molecule has 0 amide bonds. The zero-order valence-corrected chi connectivity index (χ0v) is 14.9. The molecule has 2 aromatic carbocycles. The largest absolute Gasteiger partial charge is 0.454 e. The lowest BCUT2D eigenvalue weighted by atomic mass is 10.1. The Morgan fingerprint density at radius 2 is 1.78 bits per heavy atom. The number of fused-ring (bicyclic) bond motifs is 1. The molecule has 0 radical (unpaired) electrons. The van der Waals surface area contributed by atoms with E-state index in [4.69, 9.17) is 19.5 Å². The van der Waals surface area contributed by atoms with Crippen molar-refractivity contribution in [3.05, 3.63) is 77.9 Å². The van der Waals surface area contributed by atoms with Crippen molar-refractivity contribution in [3.63, 3.8) is 0 Å². The van der Waals surface area contributed by atoms with E-state index in [0.717, 1.165) is 12.0 Å². The Bertz CT molecular complexity index is 798. The van der Waals surface area contributed by atoms with Crippen molar-refractivity contribution in [2.24, 2.45) is 0 Å². The number of hydrogen-bond acceptors (Lipinski definition) is 5. The minimum atomic E-state index is -0.353. The Kier molecular flexibility index (Phi) is 6.75. The number of carbonyl (C=O) groups is 1.